The molecular formula is C12H12Br2N2OS. The predicted molar refractivity (Wildman–Crippen MR) is 80.7 cm³/mol. The first-order valence-electron chi connectivity index (χ1n) is 5.37. The molecular weight excluding hydrogens is 380 g/mol. The molecule has 2 rings (SSSR count). The Bertz CT molecular complexity index is 518. The van der Waals surface area contributed by atoms with Crippen LogP contribution in [0.4, 0.5) is 0 Å². The molecule has 0 radical (unpaired) electrons. The Hall–Kier alpha value is -0.270. The van der Waals surface area contributed by atoms with Gasteiger partial charge in [-0.3, -0.25) is 4.98 Å². The van der Waals surface area contributed by atoms with E-state index in [9.17, 15) is 5.11 Å². The Kier molecular flexibility index (Phi) is 4.91. The molecule has 0 saturated carbocycles. The highest BCUT2D eigenvalue weighted by molar-refractivity contribution is 9.12. The number of nitrogens with zero attached hydrogens (tertiary/aromatic N) is 1. The maximum atomic E-state index is 10.5. The number of aromatic nitrogens is 1. The van der Waals surface area contributed by atoms with Crippen LogP contribution in [0.25, 0.3) is 0 Å². The highest BCUT2D eigenvalue weighted by Gasteiger charge is 2.25. The number of halogens is 2. The third-order valence-corrected chi connectivity index (χ3v) is 5.09. The second-order valence-corrected chi connectivity index (χ2v) is 7.57. The summed E-state index contributed by atoms with van der Waals surface area (Å²) in [7, 11) is 0. The molecule has 2 unspecified atom stereocenters. The SMILES string of the molecule is NCC(c1ccccn1)C(O)c1cc(Br)sc1Br. The summed E-state index contributed by atoms with van der Waals surface area (Å²) in [6, 6.07) is 7.54. The van der Waals surface area contributed by atoms with Crippen LogP contribution >= 0.6 is 43.2 Å². The lowest BCUT2D eigenvalue weighted by Crippen LogP contribution is -2.21. The van der Waals surface area contributed by atoms with Crippen molar-refractivity contribution in [2.24, 2.45) is 5.73 Å². The zero-order valence-corrected chi connectivity index (χ0v) is 13.4. The van der Waals surface area contributed by atoms with E-state index in [1.54, 1.807) is 6.20 Å². The Morgan fingerprint density at radius 2 is 2.17 bits per heavy atom. The molecule has 0 aliphatic carbocycles. The van der Waals surface area contributed by atoms with E-state index in [-0.39, 0.29) is 5.92 Å². The molecule has 2 aromatic rings. The van der Waals surface area contributed by atoms with Crippen molar-refractivity contribution in [2.75, 3.05) is 6.54 Å². The number of nitrogens with two attached hydrogens (primary N) is 1. The van der Waals surface area contributed by atoms with Gasteiger partial charge in [-0.15, -0.1) is 11.3 Å². The first-order valence-corrected chi connectivity index (χ1v) is 7.77. The van der Waals surface area contributed by atoms with Gasteiger partial charge in [0.15, 0.2) is 0 Å². The molecule has 96 valence electrons. The van der Waals surface area contributed by atoms with Gasteiger partial charge in [-0.25, -0.2) is 0 Å². The highest BCUT2D eigenvalue weighted by atomic mass is 79.9. The maximum Gasteiger partial charge on any atom is 0.0905 e. The standard InChI is InChI=1S/C12H12Br2N2OS/c13-10-5-7(12(14)18-10)11(17)8(6-15)9-3-1-2-4-16-9/h1-5,8,11,17H,6,15H2. The van der Waals surface area contributed by atoms with E-state index in [4.69, 9.17) is 5.73 Å². The summed E-state index contributed by atoms with van der Waals surface area (Å²) in [6.07, 6.45) is 1.05. The number of hydrogen-bond acceptors (Lipinski definition) is 4. The van der Waals surface area contributed by atoms with Gasteiger partial charge in [-0.1, -0.05) is 6.07 Å². The minimum absolute atomic E-state index is 0.205. The van der Waals surface area contributed by atoms with E-state index >= 15 is 0 Å². The van der Waals surface area contributed by atoms with Crippen LogP contribution in [0.3, 0.4) is 0 Å². The number of thiophene rings is 1. The minimum Gasteiger partial charge on any atom is -0.388 e. The molecule has 2 atom stereocenters. The van der Waals surface area contributed by atoms with Crippen molar-refractivity contribution in [3.05, 3.63) is 49.3 Å². The van der Waals surface area contributed by atoms with Gasteiger partial charge in [0.1, 0.15) is 0 Å². The van der Waals surface area contributed by atoms with E-state index in [2.05, 4.69) is 36.8 Å². The lowest BCUT2D eigenvalue weighted by Gasteiger charge is -2.20. The molecule has 0 bridgehead atoms. The van der Waals surface area contributed by atoms with Gasteiger partial charge >= 0.3 is 0 Å². The van der Waals surface area contributed by atoms with Crippen LogP contribution in [-0.2, 0) is 0 Å². The lowest BCUT2D eigenvalue weighted by atomic mass is 9.94. The molecule has 0 aliphatic rings. The molecule has 0 spiro atoms. The van der Waals surface area contributed by atoms with E-state index in [1.165, 1.54) is 11.3 Å². The van der Waals surface area contributed by atoms with Gasteiger partial charge in [0.05, 0.1) is 13.7 Å². The Morgan fingerprint density at radius 1 is 1.39 bits per heavy atom. The van der Waals surface area contributed by atoms with E-state index < -0.39 is 6.10 Å². The summed E-state index contributed by atoms with van der Waals surface area (Å²) >= 11 is 8.40. The molecule has 6 heteroatoms. The number of pyridine rings is 1. The number of aliphatic hydroxyl groups is 1. The van der Waals surface area contributed by atoms with Crippen molar-refractivity contribution in [1.29, 1.82) is 0 Å². The van der Waals surface area contributed by atoms with Gasteiger partial charge in [0.25, 0.3) is 0 Å². The summed E-state index contributed by atoms with van der Waals surface area (Å²) in [4.78, 5) is 4.27. The monoisotopic (exact) mass is 390 g/mol. The summed E-state index contributed by atoms with van der Waals surface area (Å²) in [5, 5.41) is 10.5. The Labute approximate surface area is 126 Å². The summed E-state index contributed by atoms with van der Waals surface area (Å²) in [6.45, 7) is 0.345. The zero-order chi connectivity index (χ0) is 13.1. The lowest BCUT2D eigenvalue weighted by molar-refractivity contribution is 0.145. The average Bonchev–Trinajstić information content (AvgIpc) is 2.70. The molecule has 0 amide bonds. The summed E-state index contributed by atoms with van der Waals surface area (Å²) < 4.78 is 1.89. The molecule has 0 aromatic carbocycles. The second kappa shape index (κ2) is 6.25. The number of aliphatic hydroxyl groups excluding tert-OH is 1. The van der Waals surface area contributed by atoms with Crippen molar-refractivity contribution in [3.8, 4) is 0 Å². The van der Waals surface area contributed by atoms with Crippen molar-refractivity contribution >= 4 is 43.2 Å². The molecule has 3 N–H and O–H groups in total. The first kappa shape index (κ1) is 14.1. The number of rotatable bonds is 4. The van der Waals surface area contributed by atoms with Crippen molar-refractivity contribution < 1.29 is 5.11 Å². The highest BCUT2D eigenvalue weighted by Crippen LogP contribution is 2.40. The van der Waals surface area contributed by atoms with Gasteiger partial charge in [-0.05, 0) is 50.1 Å². The van der Waals surface area contributed by atoms with Crippen LogP contribution in [0, 0.1) is 0 Å². The van der Waals surface area contributed by atoms with E-state index in [0.29, 0.717) is 6.54 Å². The van der Waals surface area contributed by atoms with Crippen molar-refractivity contribution in [3.63, 3.8) is 0 Å². The smallest absolute Gasteiger partial charge is 0.0905 e. The topological polar surface area (TPSA) is 59.1 Å². The van der Waals surface area contributed by atoms with Crippen LogP contribution in [0.15, 0.2) is 38.0 Å². The molecule has 2 heterocycles. The fraction of sp³-hybridized carbons (Fsp3) is 0.250. The van der Waals surface area contributed by atoms with E-state index in [0.717, 1.165) is 18.8 Å². The fourth-order valence-corrected chi connectivity index (χ4v) is 4.69. The first-order chi connectivity index (χ1) is 8.63. The van der Waals surface area contributed by atoms with Gasteiger partial charge < -0.3 is 10.8 Å². The number of hydrogen-bond donors (Lipinski definition) is 2. The molecule has 0 saturated heterocycles. The van der Waals surface area contributed by atoms with Crippen LogP contribution in [0.5, 0.6) is 0 Å². The summed E-state index contributed by atoms with van der Waals surface area (Å²) in [5.41, 5.74) is 7.42. The van der Waals surface area contributed by atoms with Crippen LogP contribution in [0.1, 0.15) is 23.3 Å². The molecule has 3 nitrogen and oxygen atoms in total. The Balaban J connectivity index is 2.31. The van der Waals surface area contributed by atoms with Gasteiger partial charge in [0.2, 0.25) is 0 Å². The third kappa shape index (κ3) is 3.00. The van der Waals surface area contributed by atoms with Crippen molar-refractivity contribution in [2.45, 2.75) is 12.0 Å². The normalized spacial score (nSPS) is 14.4. The second-order valence-electron chi connectivity index (χ2n) is 3.82. The van der Waals surface area contributed by atoms with Crippen LogP contribution < -0.4 is 5.73 Å². The Morgan fingerprint density at radius 3 is 2.67 bits per heavy atom. The van der Waals surface area contributed by atoms with Crippen LogP contribution in [-0.4, -0.2) is 16.6 Å². The maximum absolute atomic E-state index is 10.5. The summed E-state index contributed by atoms with van der Waals surface area (Å²) in [5.74, 6) is -0.205. The molecule has 18 heavy (non-hydrogen) atoms. The van der Waals surface area contributed by atoms with Crippen molar-refractivity contribution in [1.82, 2.24) is 4.98 Å². The fourth-order valence-electron chi connectivity index (χ4n) is 1.78. The largest absolute Gasteiger partial charge is 0.388 e. The average molecular weight is 392 g/mol. The third-order valence-electron chi connectivity index (χ3n) is 2.70. The van der Waals surface area contributed by atoms with Crippen LogP contribution in [0.2, 0.25) is 0 Å². The van der Waals surface area contributed by atoms with E-state index in [1.807, 2.05) is 24.3 Å². The quantitative estimate of drug-likeness (QED) is 0.839. The van der Waals surface area contributed by atoms with Gasteiger partial charge in [0, 0.05) is 29.9 Å². The minimum atomic E-state index is -0.665. The van der Waals surface area contributed by atoms with Gasteiger partial charge in [-0.2, -0.15) is 0 Å². The molecule has 0 fully saturated rings. The molecule has 2 aromatic heterocycles. The predicted octanol–water partition coefficient (Wildman–Crippen LogP) is 3.44. The zero-order valence-electron chi connectivity index (χ0n) is 9.38. The molecule has 0 aliphatic heterocycles.